The molecular weight excluding hydrogens is 146 g/mol. The van der Waals surface area contributed by atoms with Crippen LogP contribution in [0.3, 0.4) is 0 Å². The minimum atomic E-state index is 0.154. The molecule has 1 atom stereocenters. The molecule has 2 N–H and O–H groups in total. The third kappa shape index (κ3) is 2.35. The summed E-state index contributed by atoms with van der Waals surface area (Å²) in [6.07, 6.45) is 2.35. The van der Waals surface area contributed by atoms with Gasteiger partial charge >= 0.3 is 0 Å². The minimum absolute atomic E-state index is 0.154. The Kier molecular flexibility index (Phi) is 3.30. The molecule has 0 radical (unpaired) electrons. The number of hydrogen-bond acceptors (Lipinski definition) is 1. The SMILES string of the molecule is CCCc1cccc([C@H](C)N)c1. The van der Waals surface area contributed by atoms with E-state index in [4.69, 9.17) is 5.73 Å². The molecule has 0 aliphatic heterocycles. The summed E-state index contributed by atoms with van der Waals surface area (Å²) in [5.74, 6) is 0. The zero-order valence-electron chi connectivity index (χ0n) is 7.88. The maximum atomic E-state index is 5.78. The Morgan fingerprint density at radius 2 is 2.17 bits per heavy atom. The first-order valence-corrected chi connectivity index (χ1v) is 4.58. The Morgan fingerprint density at radius 3 is 2.75 bits per heavy atom. The Morgan fingerprint density at radius 1 is 1.42 bits per heavy atom. The highest BCUT2D eigenvalue weighted by molar-refractivity contribution is 5.25. The molecule has 1 rings (SSSR count). The standard InChI is InChI=1S/C11H17N/c1-3-5-10-6-4-7-11(8-10)9(2)12/h4,6-9H,3,5,12H2,1-2H3/t9-/m0/s1. The molecule has 0 unspecified atom stereocenters. The largest absolute Gasteiger partial charge is 0.324 e. The molecule has 12 heavy (non-hydrogen) atoms. The summed E-state index contributed by atoms with van der Waals surface area (Å²) >= 11 is 0. The second-order valence-corrected chi connectivity index (χ2v) is 3.28. The second-order valence-electron chi connectivity index (χ2n) is 3.28. The van der Waals surface area contributed by atoms with Gasteiger partial charge in [-0.2, -0.15) is 0 Å². The van der Waals surface area contributed by atoms with Gasteiger partial charge in [-0.1, -0.05) is 37.6 Å². The van der Waals surface area contributed by atoms with Crippen LogP contribution in [0.2, 0.25) is 0 Å². The van der Waals surface area contributed by atoms with Crippen LogP contribution in [0, 0.1) is 0 Å². The van der Waals surface area contributed by atoms with Gasteiger partial charge in [0.2, 0.25) is 0 Å². The zero-order valence-corrected chi connectivity index (χ0v) is 7.88. The van der Waals surface area contributed by atoms with Gasteiger partial charge in [0.25, 0.3) is 0 Å². The van der Waals surface area contributed by atoms with Gasteiger partial charge in [0, 0.05) is 6.04 Å². The fourth-order valence-corrected chi connectivity index (χ4v) is 1.32. The Hall–Kier alpha value is -0.820. The van der Waals surface area contributed by atoms with Crippen LogP contribution >= 0.6 is 0 Å². The lowest BCUT2D eigenvalue weighted by Gasteiger charge is -2.06. The van der Waals surface area contributed by atoms with E-state index in [0.717, 1.165) is 6.42 Å². The van der Waals surface area contributed by atoms with E-state index < -0.39 is 0 Å². The van der Waals surface area contributed by atoms with E-state index in [-0.39, 0.29) is 6.04 Å². The third-order valence-corrected chi connectivity index (χ3v) is 2.02. The van der Waals surface area contributed by atoms with Gasteiger partial charge in [0.1, 0.15) is 0 Å². The quantitative estimate of drug-likeness (QED) is 0.728. The summed E-state index contributed by atoms with van der Waals surface area (Å²) in [6, 6.07) is 8.69. The molecule has 1 nitrogen and oxygen atoms in total. The summed E-state index contributed by atoms with van der Waals surface area (Å²) in [6.45, 7) is 4.21. The average molecular weight is 163 g/mol. The van der Waals surface area contributed by atoms with Crippen LogP contribution in [0.15, 0.2) is 24.3 Å². The Balaban J connectivity index is 2.81. The normalized spacial score (nSPS) is 12.9. The molecule has 1 heteroatoms. The summed E-state index contributed by atoms with van der Waals surface area (Å²) in [5.41, 5.74) is 8.41. The van der Waals surface area contributed by atoms with Gasteiger partial charge in [-0.05, 0) is 24.5 Å². The molecule has 0 bridgehead atoms. The lowest BCUT2D eigenvalue weighted by molar-refractivity contribution is 0.812. The van der Waals surface area contributed by atoms with Crippen molar-refractivity contribution in [3.63, 3.8) is 0 Å². The fraction of sp³-hybridized carbons (Fsp3) is 0.455. The number of benzene rings is 1. The maximum absolute atomic E-state index is 5.78. The molecule has 0 aliphatic rings. The molecular formula is C11H17N. The molecule has 0 aliphatic carbocycles. The highest BCUT2D eigenvalue weighted by Gasteiger charge is 1.98. The van der Waals surface area contributed by atoms with Crippen LogP contribution in [0.25, 0.3) is 0 Å². The smallest absolute Gasteiger partial charge is 0.0266 e. The number of aryl methyl sites for hydroxylation is 1. The number of rotatable bonds is 3. The lowest BCUT2D eigenvalue weighted by Crippen LogP contribution is -2.04. The van der Waals surface area contributed by atoms with Crippen LogP contribution in [-0.2, 0) is 6.42 Å². The van der Waals surface area contributed by atoms with Gasteiger partial charge in [0.05, 0.1) is 0 Å². The number of nitrogens with two attached hydrogens (primary N) is 1. The van der Waals surface area contributed by atoms with Crippen molar-refractivity contribution in [1.29, 1.82) is 0 Å². The van der Waals surface area contributed by atoms with Crippen molar-refractivity contribution in [2.75, 3.05) is 0 Å². The van der Waals surface area contributed by atoms with Crippen molar-refractivity contribution in [3.05, 3.63) is 35.4 Å². The van der Waals surface area contributed by atoms with E-state index in [2.05, 4.69) is 31.2 Å². The first kappa shape index (κ1) is 9.27. The predicted molar refractivity (Wildman–Crippen MR) is 53.0 cm³/mol. The summed E-state index contributed by atoms with van der Waals surface area (Å²) in [5, 5.41) is 0. The van der Waals surface area contributed by atoms with Gasteiger partial charge in [-0.25, -0.2) is 0 Å². The molecule has 1 aromatic carbocycles. The van der Waals surface area contributed by atoms with E-state index >= 15 is 0 Å². The van der Waals surface area contributed by atoms with Crippen LogP contribution < -0.4 is 5.73 Å². The molecule has 0 saturated heterocycles. The van der Waals surface area contributed by atoms with Crippen molar-refractivity contribution in [1.82, 2.24) is 0 Å². The highest BCUT2D eigenvalue weighted by atomic mass is 14.6. The van der Waals surface area contributed by atoms with Gasteiger partial charge in [-0.15, -0.1) is 0 Å². The van der Waals surface area contributed by atoms with E-state index in [1.54, 1.807) is 0 Å². The van der Waals surface area contributed by atoms with Crippen molar-refractivity contribution in [2.45, 2.75) is 32.7 Å². The van der Waals surface area contributed by atoms with Crippen molar-refractivity contribution >= 4 is 0 Å². The van der Waals surface area contributed by atoms with Crippen LogP contribution in [0.1, 0.15) is 37.4 Å². The highest BCUT2D eigenvalue weighted by Crippen LogP contribution is 2.12. The second kappa shape index (κ2) is 4.27. The van der Waals surface area contributed by atoms with E-state index in [0.29, 0.717) is 0 Å². The molecule has 0 aromatic heterocycles. The van der Waals surface area contributed by atoms with Crippen LogP contribution in [0.4, 0.5) is 0 Å². The summed E-state index contributed by atoms with van der Waals surface area (Å²) in [4.78, 5) is 0. The molecule has 1 aromatic rings. The molecule has 0 saturated carbocycles. The summed E-state index contributed by atoms with van der Waals surface area (Å²) < 4.78 is 0. The van der Waals surface area contributed by atoms with Crippen molar-refractivity contribution in [2.24, 2.45) is 5.73 Å². The predicted octanol–water partition coefficient (Wildman–Crippen LogP) is 2.66. The number of hydrogen-bond donors (Lipinski definition) is 1. The zero-order chi connectivity index (χ0) is 8.97. The molecule has 66 valence electrons. The maximum Gasteiger partial charge on any atom is 0.0266 e. The van der Waals surface area contributed by atoms with Crippen molar-refractivity contribution < 1.29 is 0 Å². The molecule has 0 spiro atoms. The fourth-order valence-electron chi connectivity index (χ4n) is 1.32. The molecule has 0 heterocycles. The van der Waals surface area contributed by atoms with Gasteiger partial charge < -0.3 is 5.73 Å². The Bertz CT molecular complexity index is 241. The lowest BCUT2D eigenvalue weighted by atomic mass is 10.0. The third-order valence-electron chi connectivity index (χ3n) is 2.02. The Labute approximate surface area is 74.6 Å². The van der Waals surface area contributed by atoms with Gasteiger partial charge in [0.15, 0.2) is 0 Å². The van der Waals surface area contributed by atoms with Crippen LogP contribution in [0.5, 0.6) is 0 Å². The first-order valence-electron chi connectivity index (χ1n) is 4.58. The monoisotopic (exact) mass is 163 g/mol. The van der Waals surface area contributed by atoms with E-state index in [1.165, 1.54) is 17.5 Å². The first-order chi connectivity index (χ1) is 5.74. The van der Waals surface area contributed by atoms with E-state index in [1.807, 2.05) is 6.92 Å². The van der Waals surface area contributed by atoms with Crippen molar-refractivity contribution in [3.8, 4) is 0 Å². The topological polar surface area (TPSA) is 26.0 Å². The molecule has 0 amide bonds. The van der Waals surface area contributed by atoms with Gasteiger partial charge in [-0.3, -0.25) is 0 Å². The molecule has 0 fully saturated rings. The summed E-state index contributed by atoms with van der Waals surface area (Å²) in [7, 11) is 0. The average Bonchev–Trinajstić information content (AvgIpc) is 2.05. The van der Waals surface area contributed by atoms with Crippen LogP contribution in [-0.4, -0.2) is 0 Å². The van der Waals surface area contributed by atoms with E-state index in [9.17, 15) is 0 Å². The minimum Gasteiger partial charge on any atom is -0.324 e.